The molecular weight excluding hydrogens is 416 g/mol. The van der Waals surface area contributed by atoms with Gasteiger partial charge in [-0.3, -0.25) is 9.59 Å². The standard InChI is InChI=1S/C27H26N2O4/c1-4-17-33-23-12-8-6-10-21(23)29-26(30)24(19-15-13-18(2)14-16-19)25(27(29)31)28-20-9-5-7-11-22(20)32-3/h5-16,28H,4,17H2,1-3H3. The van der Waals surface area contributed by atoms with Crippen LogP contribution < -0.4 is 19.7 Å². The topological polar surface area (TPSA) is 67.9 Å². The summed E-state index contributed by atoms with van der Waals surface area (Å²) in [4.78, 5) is 28.6. The third kappa shape index (κ3) is 4.32. The molecule has 1 N–H and O–H groups in total. The second-order valence-corrected chi connectivity index (χ2v) is 7.70. The van der Waals surface area contributed by atoms with E-state index >= 15 is 0 Å². The zero-order valence-corrected chi connectivity index (χ0v) is 18.9. The second kappa shape index (κ2) is 9.61. The minimum Gasteiger partial charge on any atom is -0.495 e. The van der Waals surface area contributed by atoms with Gasteiger partial charge >= 0.3 is 0 Å². The fourth-order valence-electron chi connectivity index (χ4n) is 3.71. The van der Waals surface area contributed by atoms with Crippen molar-refractivity contribution in [3.8, 4) is 11.5 Å². The van der Waals surface area contributed by atoms with Crippen molar-refractivity contribution >= 4 is 28.8 Å². The van der Waals surface area contributed by atoms with Crippen molar-refractivity contribution in [2.75, 3.05) is 23.9 Å². The van der Waals surface area contributed by atoms with Crippen molar-refractivity contribution in [3.05, 3.63) is 89.6 Å². The summed E-state index contributed by atoms with van der Waals surface area (Å²) in [5.74, 6) is 0.198. The Labute approximate surface area is 193 Å². The molecule has 0 spiro atoms. The van der Waals surface area contributed by atoms with Gasteiger partial charge in [0.05, 0.1) is 30.7 Å². The third-order valence-electron chi connectivity index (χ3n) is 5.36. The van der Waals surface area contributed by atoms with E-state index in [9.17, 15) is 9.59 Å². The van der Waals surface area contributed by atoms with Crippen LogP contribution in [0.3, 0.4) is 0 Å². The first-order chi connectivity index (χ1) is 16.0. The molecule has 0 aromatic heterocycles. The maximum atomic E-state index is 13.7. The van der Waals surface area contributed by atoms with Crippen LogP contribution in [0.25, 0.3) is 5.57 Å². The molecule has 0 bridgehead atoms. The number of methoxy groups -OCH3 is 1. The molecule has 168 valence electrons. The first-order valence-electron chi connectivity index (χ1n) is 10.9. The van der Waals surface area contributed by atoms with Crippen molar-refractivity contribution < 1.29 is 19.1 Å². The largest absolute Gasteiger partial charge is 0.495 e. The number of benzene rings is 3. The number of anilines is 2. The minimum absolute atomic E-state index is 0.193. The predicted molar refractivity (Wildman–Crippen MR) is 129 cm³/mol. The van der Waals surface area contributed by atoms with E-state index in [0.717, 1.165) is 12.0 Å². The number of rotatable bonds is 8. The van der Waals surface area contributed by atoms with E-state index < -0.39 is 11.8 Å². The lowest BCUT2D eigenvalue weighted by atomic mass is 10.0. The number of nitrogens with one attached hydrogen (secondary N) is 1. The maximum Gasteiger partial charge on any atom is 0.282 e. The molecule has 1 aliphatic rings. The lowest BCUT2D eigenvalue weighted by molar-refractivity contribution is -0.120. The van der Waals surface area contributed by atoms with Gasteiger partial charge in [0.2, 0.25) is 0 Å². The molecule has 2 amide bonds. The number of ether oxygens (including phenoxy) is 2. The molecule has 0 fully saturated rings. The highest BCUT2D eigenvalue weighted by atomic mass is 16.5. The molecule has 0 aliphatic carbocycles. The summed E-state index contributed by atoms with van der Waals surface area (Å²) in [5, 5.41) is 3.17. The number of amides is 2. The van der Waals surface area contributed by atoms with E-state index in [1.54, 1.807) is 37.4 Å². The van der Waals surface area contributed by atoms with Gasteiger partial charge in [-0.15, -0.1) is 0 Å². The fourth-order valence-corrected chi connectivity index (χ4v) is 3.71. The first kappa shape index (κ1) is 22.1. The Balaban J connectivity index is 1.82. The van der Waals surface area contributed by atoms with Crippen LogP contribution in [0.2, 0.25) is 0 Å². The highest BCUT2D eigenvalue weighted by Crippen LogP contribution is 2.38. The van der Waals surface area contributed by atoms with Gasteiger partial charge < -0.3 is 14.8 Å². The molecule has 3 aromatic rings. The Morgan fingerprint density at radius 3 is 2.21 bits per heavy atom. The van der Waals surface area contributed by atoms with Crippen LogP contribution in [0.5, 0.6) is 11.5 Å². The van der Waals surface area contributed by atoms with Crippen LogP contribution >= 0.6 is 0 Å². The van der Waals surface area contributed by atoms with Gasteiger partial charge in [0.15, 0.2) is 0 Å². The van der Waals surface area contributed by atoms with Crippen LogP contribution in [0, 0.1) is 6.92 Å². The summed E-state index contributed by atoms with van der Waals surface area (Å²) in [5.41, 5.74) is 3.23. The number of carbonyl (C=O) groups excluding carboxylic acids is 2. The van der Waals surface area contributed by atoms with Gasteiger partial charge in [0.1, 0.15) is 17.2 Å². The molecule has 0 unspecified atom stereocenters. The van der Waals surface area contributed by atoms with Crippen LogP contribution in [0.15, 0.2) is 78.5 Å². The monoisotopic (exact) mass is 442 g/mol. The number of carbonyl (C=O) groups is 2. The Bertz CT molecular complexity index is 1210. The lowest BCUT2D eigenvalue weighted by Gasteiger charge is -2.19. The summed E-state index contributed by atoms with van der Waals surface area (Å²) in [6, 6.07) is 21.9. The molecule has 4 rings (SSSR count). The van der Waals surface area contributed by atoms with Crippen molar-refractivity contribution in [3.63, 3.8) is 0 Å². The number of imide groups is 1. The summed E-state index contributed by atoms with van der Waals surface area (Å²) in [7, 11) is 1.56. The normalized spacial score (nSPS) is 13.5. The third-order valence-corrected chi connectivity index (χ3v) is 5.36. The average molecular weight is 443 g/mol. The Hall–Kier alpha value is -4.06. The Morgan fingerprint density at radius 2 is 1.52 bits per heavy atom. The van der Waals surface area contributed by atoms with Gasteiger partial charge in [-0.2, -0.15) is 0 Å². The van der Waals surface area contributed by atoms with Gasteiger partial charge in [0.25, 0.3) is 11.8 Å². The number of nitrogens with zero attached hydrogens (tertiary/aromatic N) is 1. The lowest BCUT2D eigenvalue weighted by Crippen LogP contribution is -2.32. The van der Waals surface area contributed by atoms with Gasteiger partial charge in [-0.1, -0.05) is 61.0 Å². The van der Waals surface area contributed by atoms with Gasteiger partial charge in [-0.05, 0) is 43.2 Å². The van der Waals surface area contributed by atoms with Crippen molar-refractivity contribution in [1.82, 2.24) is 0 Å². The highest BCUT2D eigenvalue weighted by Gasteiger charge is 2.41. The Morgan fingerprint density at radius 1 is 0.848 bits per heavy atom. The van der Waals surface area contributed by atoms with Crippen molar-refractivity contribution in [2.45, 2.75) is 20.3 Å². The quantitative estimate of drug-likeness (QED) is 0.487. The first-order valence-corrected chi connectivity index (χ1v) is 10.9. The average Bonchev–Trinajstić information content (AvgIpc) is 3.08. The highest BCUT2D eigenvalue weighted by molar-refractivity contribution is 6.46. The molecule has 6 nitrogen and oxygen atoms in total. The van der Waals surface area contributed by atoms with Crippen LogP contribution in [0.4, 0.5) is 11.4 Å². The summed E-state index contributed by atoms with van der Waals surface area (Å²) < 4.78 is 11.3. The molecule has 0 saturated carbocycles. The fraction of sp³-hybridized carbons (Fsp3) is 0.185. The van der Waals surface area contributed by atoms with E-state index in [4.69, 9.17) is 9.47 Å². The molecule has 1 heterocycles. The van der Waals surface area contributed by atoms with Crippen molar-refractivity contribution in [1.29, 1.82) is 0 Å². The molecule has 1 aliphatic heterocycles. The molecule has 3 aromatic carbocycles. The van der Waals surface area contributed by atoms with Gasteiger partial charge in [-0.25, -0.2) is 4.90 Å². The summed E-state index contributed by atoms with van der Waals surface area (Å²) in [6.45, 7) is 4.46. The predicted octanol–water partition coefficient (Wildman–Crippen LogP) is 5.19. The van der Waals surface area contributed by atoms with E-state index in [1.165, 1.54) is 4.90 Å². The number of hydrogen-bond acceptors (Lipinski definition) is 5. The molecule has 33 heavy (non-hydrogen) atoms. The zero-order chi connectivity index (χ0) is 23.4. The minimum atomic E-state index is -0.450. The van der Waals surface area contributed by atoms with Crippen LogP contribution in [-0.2, 0) is 9.59 Å². The zero-order valence-electron chi connectivity index (χ0n) is 18.9. The van der Waals surface area contributed by atoms with Crippen LogP contribution in [0.1, 0.15) is 24.5 Å². The van der Waals surface area contributed by atoms with E-state index in [-0.39, 0.29) is 5.70 Å². The maximum absolute atomic E-state index is 13.7. The summed E-state index contributed by atoms with van der Waals surface area (Å²) in [6.07, 6.45) is 0.809. The second-order valence-electron chi connectivity index (χ2n) is 7.70. The van der Waals surface area contributed by atoms with E-state index in [0.29, 0.717) is 40.6 Å². The van der Waals surface area contributed by atoms with Crippen LogP contribution in [-0.4, -0.2) is 25.5 Å². The van der Waals surface area contributed by atoms with E-state index in [2.05, 4.69) is 5.32 Å². The number of aryl methyl sites for hydroxylation is 1. The molecular formula is C27H26N2O4. The summed E-state index contributed by atoms with van der Waals surface area (Å²) >= 11 is 0. The van der Waals surface area contributed by atoms with Crippen molar-refractivity contribution in [2.24, 2.45) is 0 Å². The number of hydrogen-bond donors (Lipinski definition) is 1. The SMILES string of the molecule is CCCOc1ccccc1N1C(=O)C(Nc2ccccc2OC)=C(c2ccc(C)cc2)C1=O. The molecule has 0 saturated heterocycles. The molecule has 0 radical (unpaired) electrons. The molecule has 0 atom stereocenters. The molecule has 6 heteroatoms. The number of para-hydroxylation sites is 4. The smallest absolute Gasteiger partial charge is 0.282 e. The van der Waals surface area contributed by atoms with Gasteiger partial charge in [0, 0.05) is 0 Å². The Kier molecular flexibility index (Phi) is 6.45. The van der Waals surface area contributed by atoms with E-state index in [1.807, 2.05) is 56.3 Å².